The number of carboxylic acid groups (broad SMARTS) is 2. The van der Waals surface area contributed by atoms with Crippen LogP contribution in [0.5, 0.6) is 0 Å². The molecule has 7 heteroatoms. The van der Waals surface area contributed by atoms with Crippen molar-refractivity contribution >= 4 is 17.8 Å². The van der Waals surface area contributed by atoms with Crippen molar-refractivity contribution in [1.29, 1.82) is 0 Å². The zero-order valence-electron chi connectivity index (χ0n) is 10.3. The van der Waals surface area contributed by atoms with E-state index in [4.69, 9.17) is 14.9 Å². The number of rotatable bonds is 5. The molecule has 1 amide bonds. The van der Waals surface area contributed by atoms with Crippen molar-refractivity contribution in [3.05, 3.63) is 0 Å². The molecule has 7 nitrogen and oxygen atoms in total. The van der Waals surface area contributed by atoms with Gasteiger partial charge in [0.1, 0.15) is 12.1 Å². The molecule has 0 aromatic heterocycles. The number of ether oxygens (including phenoxy) is 1. The van der Waals surface area contributed by atoms with Crippen LogP contribution in [0.25, 0.3) is 0 Å². The number of hydrogen-bond acceptors (Lipinski definition) is 4. The lowest BCUT2D eigenvalue weighted by atomic mass is 10.0. The Hall–Kier alpha value is -1.63. The quantitative estimate of drug-likeness (QED) is 0.632. The number of carboxylic acids is 2. The fourth-order valence-electron chi connectivity index (χ4n) is 1.77. The SMILES string of the molecule is CC(C)C(NC(=O)[C@@H]1CC[C@H](C(=O)O)O1)C(=O)O. The van der Waals surface area contributed by atoms with Gasteiger partial charge in [0, 0.05) is 0 Å². The Morgan fingerprint density at radius 3 is 2.11 bits per heavy atom. The molecule has 18 heavy (non-hydrogen) atoms. The summed E-state index contributed by atoms with van der Waals surface area (Å²) in [5, 5.41) is 20.0. The molecule has 1 aliphatic heterocycles. The minimum atomic E-state index is -1.12. The summed E-state index contributed by atoms with van der Waals surface area (Å²) in [6.45, 7) is 3.35. The predicted molar refractivity (Wildman–Crippen MR) is 59.9 cm³/mol. The van der Waals surface area contributed by atoms with Gasteiger partial charge in [-0.25, -0.2) is 9.59 Å². The molecular weight excluding hydrogens is 242 g/mol. The van der Waals surface area contributed by atoms with Crippen LogP contribution >= 0.6 is 0 Å². The third-order valence-corrected chi connectivity index (χ3v) is 2.82. The first-order chi connectivity index (χ1) is 8.32. The molecule has 1 rings (SSSR count). The summed E-state index contributed by atoms with van der Waals surface area (Å²) in [4.78, 5) is 33.3. The van der Waals surface area contributed by atoms with Crippen molar-refractivity contribution in [2.45, 2.75) is 44.9 Å². The zero-order valence-corrected chi connectivity index (χ0v) is 10.3. The molecule has 1 unspecified atom stereocenters. The second-order valence-corrected chi connectivity index (χ2v) is 4.60. The summed E-state index contributed by atoms with van der Waals surface area (Å²) in [6.07, 6.45) is -1.32. The van der Waals surface area contributed by atoms with Crippen molar-refractivity contribution in [3.63, 3.8) is 0 Å². The Bertz CT molecular complexity index is 353. The fourth-order valence-corrected chi connectivity index (χ4v) is 1.77. The maximum absolute atomic E-state index is 11.7. The standard InChI is InChI=1S/C11H17NO6/c1-5(2)8(11(16)17)12-9(13)6-3-4-7(18-6)10(14)15/h5-8H,3-4H2,1-2H3,(H,12,13)(H,14,15)(H,16,17)/t6-,7+,8?/m0/s1. The van der Waals surface area contributed by atoms with E-state index >= 15 is 0 Å². The molecule has 0 aromatic carbocycles. The fraction of sp³-hybridized carbons (Fsp3) is 0.727. The highest BCUT2D eigenvalue weighted by atomic mass is 16.5. The predicted octanol–water partition coefficient (Wildman–Crippen LogP) is -0.156. The van der Waals surface area contributed by atoms with E-state index < -0.39 is 36.1 Å². The first-order valence-corrected chi connectivity index (χ1v) is 5.74. The number of carbonyl (C=O) groups excluding carboxylic acids is 1. The van der Waals surface area contributed by atoms with Gasteiger partial charge in [-0.15, -0.1) is 0 Å². The molecule has 102 valence electrons. The third kappa shape index (κ3) is 3.43. The van der Waals surface area contributed by atoms with Crippen LogP contribution in [0.4, 0.5) is 0 Å². The Kier molecular flexibility index (Phi) is 4.66. The van der Waals surface area contributed by atoms with Crippen molar-refractivity contribution in [2.24, 2.45) is 5.92 Å². The van der Waals surface area contributed by atoms with Crippen LogP contribution < -0.4 is 5.32 Å². The van der Waals surface area contributed by atoms with Crippen molar-refractivity contribution in [1.82, 2.24) is 5.32 Å². The Morgan fingerprint density at radius 2 is 1.72 bits per heavy atom. The summed E-state index contributed by atoms with van der Waals surface area (Å²) < 4.78 is 5.04. The van der Waals surface area contributed by atoms with Crippen molar-refractivity contribution < 1.29 is 29.3 Å². The first-order valence-electron chi connectivity index (χ1n) is 5.74. The summed E-state index contributed by atoms with van der Waals surface area (Å²) in [6, 6.07) is -0.995. The maximum atomic E-state index is 11.7. The van der Waals surface area contributed by atoms with E-state index in [1.54, 1.807) is 13.8 Å². The lowest BCUT2D eigenvalue weighted by Gasteiger charge is -2.20. The molecule has 0 aliphatic carbocycles. The summed E-state index contributed by atoms with van der Waals surface area (Å²) in [5.41, 5.74) is 0. The molecule has 0 aromatic rings. The van der Waals surface area contributed by atoms with Crippen LogP contribution in [0.2, 0.25) is 0 Å². The molecule has 0 bridgehead atoms. The molecule has 1 heterocycles. The summed E-state index contributed by atoms with van der Waals surface area (Å²) >= 11 is 0. The molecular formula is C11H17NO6. The Morgan fingerprint density at radius 1 is 1.17 bits per heavy atom. The Labute approximate surface area is 104 Å². The highest BCUT2D eigenvalue weighted by Crippen LogP contribution is 2.20. The van der Waals surface area contributed by atoms with Gasteiger partial charge in [0.15, 0.2) is 6.10 Å². The van der Waals surface area contributed by atoms with E-state index in [-0.39, 0.29) is 18.8 Å². The second kappa shape index (κ2) is 5.81. The summed E-state index contributed by atoms with van der Waals surface area (Å²) in [7, 11) is 0. The van der Waals surface area contributed by atoms with E-state index in [1.165, 1.54) is 0 Å². The van der Waals surface area contributed by atoms with Gasteiger partial charge in [0.25, 0.3) is 0 Å². The van der Waals surface area contributed by atoms with E-state index in [2.05, 4.69) is 5.32 Å². The van der Waals surface area contributed by atoms with Gasteiger partial charge in [0.2, 0.25) is 5.91 Å². The normalized spacial score (nSPS) is 24.8. The number of nitrogens with one attached hydrogen (secondary N) is 1. The van der Waals surface area contributed by atoms with Gasteiger partial charge in [-0.3, -0.25) is 4.79 Å². The lowest BCUT2D eigenvalue weighted by molar-refractivity contribution is -0.153. The van der Waals surface area contributed by atoms with Gasteiger partial charge >= 0.3 is 11.9 Å². The van der Waals surface area contributed by atoms with Crippen LogP contribution in [-0.4, -0.2) is 46.3 Å². The third-order valence-electron chi connectivity index (χ3n) is 2.82. The van der Waals surface area contributed by atoms with E-state index in [9.17, 15) is 14.4 Å². The number of aliphatic carboxylic acids is 2. The van der Waals surface area contributed by atoms with Crippen LogP contribution in [0.1, 0.15) is 26.7 Å². The molecule has 3 atom stereocenters. The van der Waals surface area contributed by atoms with E-state index in [0.29, 0.717) is 0 Å². The van der Waals surface area contributed by atoms with Gasteiger partial charge in [-0.2, -0.15) is 0 Å². The molecule has 0 saturated carbocycles. The van der Waals surface area contributed by atoms with Gasteiger partial charge < -0.3 is 20.3 Å². The summed E-state index contributed by atoms with van der Waals surface area (Å²) in [5.74, 6) is -3.06. The maximum Gasteiger partial charge on any atom is 0.332 e. The number of hydrogen-bond donors (Lipinski definition) is 3. The van der Waals surface area contributed by atoms with Crippen LogP contribution in [0.3, 0.4) is 0 Å². The molecule has 1 aliphatic rings. The average Bonchev–Trinajstić information content (AvgIpc) is 2.73. The molecule has 0 radical (unpaired) electrons. The van der Waals surface area contributed by atoms with Crippen molar-refractivity contribution in [3.8, 4) is 0 Å². The molecule has 0 spiro atoms. The Balaban J connectivity index is 2.56. The molecule has 1 saturated heterocycles. The van der Waals surface area contributed by atoms with Crippen LogP contribution in [0.15, 0.2) is 0 Å². The first kappa shape index (κ1) is 14.4. The van der Waals surface area contributed by atoms with Gasteiger partial charge in [0.05, 0.1) is 0 Å². The van der Waals surface area contributed by atoms with Crippen molar-refractivity contribution in [2.75, 3.05) is 0 Å². The van der Waals surface area contributed by atoms with Crippen LogP contribution in [-0.2, 0) is 19.1 Å². The molecule has 1 fully saturated rings. The highest BCUT2D eigenvalue weighted by molar-refractivity contribution is 5.87. The smallest absolute Gasteiger partial charge is 0.332 e. The van der Waals surface area contributed by atoms with E-state index in [0.717, 1.165) is 0 Å². The minimum absolute atomic E-state index is 0.257. The monoisotopic (exact) mass is 259 g/mol. The molecule has 3 N–H and O–H groups in total. The topological polar surface area (TPSA) is 113 Å². The van der Waals surface area contributed by atoms with E-state index in [1.807, 2.05) is 0 Å². The number of carbonyl (C=O) groups is 3. The number of amides is 1. The zero-order chi connectivity index (χ0) is 13.9. The second-order valence-electron chi connectivity index (χ2n) is 4.60. The largest absolute Gasteiger partial charge is 0.480 e. The minimum Gasteiger partial charge on any atom is -0.480 e. The van der Waals surface area contributed by atoms with Gasteiger partial charge in [-0.05, 0) is 18.8 Å². The average molecular weight is 259 g/mol. The van der Waals surface area contributed by atoms with Crippen LogP contribution in [0, 0.1) is 5.92 Å². The lowest BCUT2D eigenvalue weighted by Crippen LogP contribution is -2.48. The van der Waals surface area contributed by atoms with Gasteiger partial charge in [-0.1, -0.05) is 13.8 Å². The highest BCUT2D eigenvalue weighted by Gasteiger charge is 2.36.